The zero-order valence-corrected chi connectivity index (χ0v) is 23.3. The fraction of sp³-hybridized carbons (Fsp3) is 0.467. The second-order valence-corrected chi connectivity index (χ2v) is 10.4. The summed E-state index contributed by atoms with van der Waals surface area (Å²) in [6, 6.07) is 18.1. The van der Waals surface area contributed by atoms with E-state index in [9.17, 15) is 14.4 Å². The molecule has 1 aliphatic rings. The van der Waals surface area contributed by atoms with Gasteiger partial charge in [0.1, 0.15) is 11.6 Å². The third-order valence-electron chi connectivity index (χ3n) is 7.06. The number of nitrogens with one attached hydrogen (secondary N) is 4. The SMILES string of the molecule is CCC(CCCNC(=O)[C@H](Cc1ccccc1)NC(=O)OC)N1C(=N)N[C@](CC(C)C)(c2ccccc2)C1=O. The highest BCUT2D eigenvalue weighted by molar-refractivity contribution is 6.08. The molecule has 0 bridgehead atoms. The van der Waals surface area contributed by atoms with E-state index in [1.54, 1.807) is 4.90 Å². The van der Waals surface area contributed by atoms with E-state index >= 15 is 0 Å². The molecule has 2 aromatic rings. The van der Waals surface area contributed by atoms with E-state index in [0.29, 0.717) is 38.6 Å². The first kappa shape index (κ1) is 29.7. The molecule has 3 amide bonds. The van der Waals surface area contributed by atoms with Gasteiger partial charge in [-0.2, -0.15) is 0 Å². The zero-order chi connectivity index (χ0) is 28.4. The van der Waals surface area contributed by atoms with Crippen molar-refractivity contribution in [2.45, 2.75) is 70.5 Å². The van der Waals surface area contributed by atoms with Crippen LogP contribution in [0.25, 0.3) is 0 Å². The molecule has 39 heavy (non-hydrogen) atoms. The van der Waals surface area contributed by atoms with Crippen LogP contribution in [0.15, 0.2) is 60.7 Å². The molecule has 1 heterocycles. The number of methoxy groups -OCH3 is 1. The molecule has 4 N–H and O–H groups in total. The molecule has 0 aliphatic carbocycles. The molecule has 1 fully saturated rings. The minimum Gasteiger partial charge on any atom is -0.453 e. The molecule has 0 radical (unpaired) electrons. The summed E-state index contributed by atoms with van der Waals surface area (Å²) >= 11 is 0. The minimum absolute atomic E-state index is 0.103. The van der Waals surface area contributed by atoms with Crippen molar-refractivity contribution in [1.29, 1.82) is 5.41 Å². The van der Waals surface area contributed by atoms with E-state index in [4.69, 9.17) is 10.1 Å². The summed E-state index contributed by atoms with van der Waals surface area (Å²) in [6.45, 7) is 6.53. The Labute approximate surface area is 231 Å². The van der Waals surface area contributed by atoms with Crippen LogP contribution < -0.4 is 16.0 Å². The first-order valence-corrected chi connectivity index (χ1v) is 13.6. The maximum absolute atomic E-state index is 13.9. The van der Waals surface area contributed by atoms with Crippen molar-refractivity contribution in [3.8, 4) is 0 Å². The Balaban J connectivity index is 1.63. The van der Waals surface area contributed by atoms with E-state index in [0.717, 1.165) is 11.1 Å². The number of hydrogen-bond acceptors (Lipinski definition) is 5. The fourth-order valence-electron chi connectivity index (χ4n) is 5.21. The molecule has 9 nitrogen and oxygen atoms in total. The van der Waals surface area contributed by atoms with Gasteiger partial charge in [-0.1, -0.05) is 81.4 Å². The number of benzene rings is 2. The third kappa shape index (κ3) is 7.37. The van der Waals surface area contributed by atoms with Crippen LogP contribution in [0.1, 0.15) is 57.6 Å². The van der Waals surface area contributed by atoms with Crippen LogP contribution in [0, 0.1) is 11.3 Å². The molecular weight excluding hydrogens is 494 g/mol. The second kappa shape index (κ2) is 13.8. The van der Waals surface area contributed by atoms with Gasteiger partial charge in [0.05, 0.1) is 7.11 Å². The Morgan fingerprint density at radius 3 is 2.31 bits per heavy atom. The number of carbonyl (C=O) groups excluding carboxylic acids is 3. The lowest BCUT2D eigenvalue weighted by atomic mass is 9.82. The number of amides is 3. The molecule has 3 atom stereocenters. The van der Waals surface area contributed by atoms with Crippen LogP contribution in [-0.2, 0) is 26.3 Å². The van der Waals surface area contributed by atoms with E-state index in [1.807, 2.05) is 67.6 Å². The van der Waals surface area contributed by atoms with Gasteiger partial charge in [0.15, 0.2) is 5.96 Å². The third-order valence-corrected chi connectivity index (χ3v) is 7.06. The standard InChI is InChI=1S/C30H41N5O4/c1-5-24(35-27(37)30(20-21(2)3,34-28(35)31)23-15-10-7-11-16-23)17-12-18-32-26(36)25(33-29(38)39-4)19-22-13-8-6-9-14-22/h6-11,13-16,21,24-25H,5,12,17-20H2,1-4H3,(H2,31,34)(H,32,36)(H,33,38)/t24?,25-,30+/m0/s1. The predicted molar refractivity (Wildman–Crippen MR) is 151 cm³/mol. The summed E-state index contributed by atoms with van der Waals surface area (Å²) in [5.74, 6) is -0.0461. The van der Waals surface area contributed by atoms with Crippen molar-refractivity contribution in [3.63, 3.8) is 0 Å². The normalized spacial score (nSPS) is 18.4. The first-order valence-electron chi connectivity index (χ1n) is 13.6. The highest BCUT2D eigenvalue weighted by Crippen LogP contribution is 2.36. The molecule has 3 rings (SSSR count). The minimum atomic E-state index is -0.960. The van der Waals surface area contributed by atoms with Crippen molar-refractivity contribution in [3.05, 3.63) is 71.8 Å². The van der Waals surface area contributed by atoms with Gasteiger partial charge in [-0.3, -0.25) is 19.9 Å². The fourth-order valence-corrected chi connectivity index (χ4v) is 5.21. The lowest BCUT2D eigenvalue weighted by molar-refractivity contribution is -0.133. The summed E-state index contributed by atoms with van der Waals surface area (Å²) in [5, 5.41) is 17.4. The number of hydrogen-bond donors (Lipinski definition) is 4. The lowest BCUT2D eigenvalue weighted by Gasteiger charge is -2.31. The van der Waals surface area contributed by atoms with Gasteiger partial charge in [0, 0.05) is 19.0 Å². The van der Waals surface area contributed by atoms with Gasteiger partial charge in [-0.25, -0.2) is 4.79 Å². The number of guanidine groups is 1. The maximum Gasteiger partial charge on any atom is 0.407 e. The van der Waals surface area contributed by atoms with Crippen LogP contribution in [0.2, 0.25) is 0 Å². The Morgan fingerprint density at radius 1 is 1.08 bits per heavy atom. The Morgan fingerprint density at radius 2 is 1.72 bits per heavy atom. The van der Waals surface area contributed by atoms with Gasteiger partial charge < -0.3 is 20.7 Å². The van der Waals surface area contributed by atoms with Gasteiger partial charge >= 0.3 is 6.09 Å². The smallest absolute Gasteiger partial charge is 0.407 e. The van der Waals surface area contributed by atoms with Crippen molar-refractivity contribution in [2.24, 2.45) is 5.92 Å². The van der Waals surface area contributed by atoms with Crippen molar-refractivity contribution in [2.75, 3.05) is 13.7 Å². The first-order chi connectivity index (χ1) is 18.7. The van der Waals surface area contributed by atoms with E-state index in [-0.39, 0.29) is 29.7 Å². The van der Waals surface area contributed by atoms with Crippen LogP contribution in [0.4, 0.5) is 4.79 Å². The van der Waals surface area contributed by atoms with Gasteiger partial charge in [0.2, 0.25) is 5.91 Å². The van der Waals surface area contributed by atoms with Crippen molar-refractivity contribution >= 4 is 23.9 Å². The Bertz CT molecular complexity index is 1120. The summed E-state index contributed by atoms with van der Waals surface area (Å²) in [5.41, 5.74) is 0.820. The summed E-state index contributed by atoms with van der Waals surface area (Å²) in [4.78, 5) is 40.3. The second-order valence-electron chi connectivity index (χ2n) is 10.4. The van der Waals surface area contributed by atoms with Gasteiger partial charge in [-0.15, -0.1) is 0 Å². The Kier molecular flexibility index (Phi) is 10.5. The predicted octanol–water partition coefficient (Wildman–Crippen LogP) is 3.94. The van der Waals surface area contributed by atoms with Crippen LogP contribution in [0.5, 0.6) is 0 Å². The highest BCUT2D eigenvalue weighted by Gasteiger charge is 2.52. The average Bonchev–Trinajstić information content (AvgIpc) is 3.18. The van der Waals surface area contributed by atoms with E-state index < -0.39 is 17.7 Å². The molecule has 0 spiro atoms. The number of ether oxygens (including phenoxy) is 1. The van der Waals surface area contributed by atoms with Gasteiger partial charge in [-0.05, 0) is 42.7 Å². The number of rotatable bonds is 13. The van der Waals surface area contributed by atoms with Crippen molar-refractivity contribution in [1.82, 2.24) is 20.9 Å². The summed E-state index contributed by atoms with van der Waals surface area (Å²) in [6.07, 6.45) is 2.15. The highest BCUT2D eigenvalue weighted by atomic mass is 16.5. The zero-order valence-electron chi connectivity index (χ0n) is 23.3. The number of alkyl carbamates (subject to hydrolysis) is 1. The monoisotopic (exact) mass is 535 g/mol. The molecule has 0 aromatic heterocycles. The molecule has 210 valence electrons. The van der Waals surface area contributed by atoms with Crippen molar-refractivity contribution < 1.29 is 19.1 Å². The molecule has 1 aliphatic heterocycles. The molecule has 1 saturated heterocycles. The summed E-state index contributed by atoms with van der Waals surface area (Å²) in [7, 11) is 1.26. The van der Waals surface area contributed by atoms with Gasteiger partial charge in [0.25, 0.3) is 5.91 Å². The van der Waals surface area contributed by atoms with Crippen LogP contribution in [-0.4, -0.2) is 54.5 Å². The maximum atomic E-state index is 13.9. The van der Waals surface area contributed by atoms with E-state index in [1.165, 1.54) is 7.11 Å². The molecule has 2 aromatic carbocycles. The summed E-state index contributed by atoms with van der Waals surface area (Å²) < 4.78 is 4.70. The van der Waals surface area contributed by atoms with E-state index in [2.05, 4.69) is 29.8 Å². The number of carbonyl (C=O) groups is 3. The lowest BCUT2D eigenvalue weighted by Crippen LogP contribution is -2.48. The Hall–Kier alpha value is -3.88. The molecule has 9 heteroatoms. The molecule has 0 saturated carbocycles. The average molecular weight is 536 g/mol. The van der Waals surface area contributed by atoms with Crippen LogP contribution in [0.3, 0.4) is 0 Å². The quantitative estimate of drug-likeness (QED) is 0.289. The molecule has 1 unspecified atom stereocenters. The van der Waals surface area contributed by atoms with Crippen LogP contribution >= 0.6 is 0 Å². The topological polar surface area (TPSA) is 124 Å². The largest absolute Gasteiger partial charge is 0.453 e. The number of nitrogens with zero attached hydrogens (tertiary/aromatic N) is 1. The molecular formula is C30H41N5O4.